The Kier molecular flexibility index (Phi) is 4.35. The molecule has 2 atom stereocenters. The maximum atomic E-state index is 12.9. The zero-order valence-corrected chi connectivity index (χ0v) is 14.2. The molecule has 128 valence electrons. The first-order chi connectivity index (χ1) is 11.5. The largest absolute Gasteiger partial charge is 0.481 e. The molecule has 1 aromatic heterocycles. The van der Waals surface area contributed by atoms with Crippen molar-refractivity contribution >= 4 is 22.8 Å². The standard InChI is InChI=1S/C19H24N2O3/c1-3-21-12-14(13-8-4-5-10-16(13)21)17(22)20-19(2)11-7-6-9-15(19)18(23)24/h4-5,8,10,12,15H,3,6-7,9,11H2,1-2H3,(H,20,22)(H,23,24). The summed E-state index contributed by atoms with van der Waals surface area (Å²) in [6.45, 7) is 4.68. The monoisotopic (exact) mass is 328 g/mol. The Hall–Kier alpha value is -2.30. The van der Waals surface area contributed by atoms with Crippen molar-refractivity contribution in [2.75, 3.05) is 0 Å². The van der Waals surface area contributed by atoms with Crippen LogP contribution in [0.4, 0.5) is 0 Å². The van der Waals surface area contributed by atoms with Gasteiger partial charge in [-0.2, -0.15) is 0 Å². The fraction of sp³-hybridized carbons (Fsp3) is 0.474. The average molecular weight is 328 g/mol. The van der Waals surface area contributed by atoms with Crippen molar-refractivity contribution in [2.24, 2.45) is 5.92 Å². The van der Waals surface area contributed by atoms with Gasteiger partial charge in [-0.15, -0.1) is 0 Å². The summed E-state index contributed by atoms with van der Waals surface area (Å²) in [5.41, 5.74) is 0.938. The molecule has 0 spiro atoms. The number of carboxylic acids is 1. The van der Waals surface area contributed by atoms with Crippen LogP contribution in [0.5, 0.6) is 0 Å². The number of hydrogen-bond donors (Lipinski definition) is 2. The SMILES string of the molecule is CCn1cc(C(=O)NC2(C)CCCCC2C(=O)O)c2ccccc21. The number of carbonyl (C=O) groups is 2. The van der Waals surface area contributed by atoms with Crippen LogP contribution in [0.15, 0.2) is 30.5 Å². The van der Waals surface area contributed by atoms with E-state index in [1.165, 1.54) is 0 Å². The Balaban J connectivity index is 1.93. The van der Waals surface area contributed by atoms with E-state index in [9.17, 15) is 14.7 Å². The second-order valence-electron chi connectivity index (χ2n) is 6.85. The molecule has 1 aromatic carbocycles. The number of hydrogen-bond acceptors (Lipinski definition) is 2. The van der Waals surface area contributed by atoms with Crippen molar-refractivity contribution in [1.82, 2.24) is 9.88 Å². The van der Waals surface area contributed by atoms with Gasteiger partial charge in [0.15, 0.2) is 0 Å². The van der Waals surface area contributed by atoms with Crippen molar-refractivity contribution in [3.05, 3.63) is 36.0 Å². The number of aromatic nitrogens is 1. The number of amides is 1. The first-order valence-corrected chi connectivity index (χ1v) is 8.59. The quantitative estimate of drug-likeness (QED) is 0.903. The number of para-hydroxylation sites is 1. The lowest BCUT2D eigenvalue weighted by Crippen LogP contribution is -2.55. The molecule has 1 fully saturated rings. The number of carboxylic acid groups (broad SMARTS) is 1. The number of aliphatic carboxylic acids is 1. The van der Waals surface area contributed by atoms with Crippen molar-refractivity contribution in [1.29, 1.82) is 0 Å². The molecule has 5 nitrogen and oxygen atoms in total. The molecule has 2 unspecified atom stereocenters. The Morgan fingerprint density at radius 1 is 1.33 bits per heavy atom. The van der Waals surface area contributed by atoms with Crippen LogP contribution in [0.25, 0.3) is 10.9 Å². The molecule has 1 heterocycles. The minimum absolute atomic E-state index is 0.186. The Bertz CT molecular complexity index is 780. The Labute approximate surface area is 141 Å². The minimum Gasteiger partial charge on any atom is -0.481 e. The summed E-state index contributed by atoms with van der Waals surface area (Å²) in [4.78, 5) is 24.5. The van der Waals surface area contributed by atoms with E-state index in [2.05, 4.69) is 5.32 Å². The first kappa shape index (κ1) is 16.6. The molecule has 1 saturated carbocycles. The van der Waals surface area contributed by atoms with E-state index in [1.807, 2.05) is 48.9 Å². The van der Waals surface area contributed by atoms with Gasteiger partial charge in [0.05, 0.1) is 17.0 Å². The number of aryl methyl sites for hydroxylation is 1. The summed E-state index contributed by atoms with van der Waals surface area (Å²) in [5, 5.41) is 13.5. The summed E-state index contributed by atoms with van der Waals surface area (Å²) >= 11 is 0. The zero-order valence-electron chi connectivity index (χ0n) is 14.2. The normalized spacial score (nSPS) is 24.0. The highest BCUT2D eigenvalue weighted by Gasteiger charge is 2.42. The molecule has 24 heavy (non-hydrogen) atoms. The van der Waals surface area contributed by atoms with Gasteiger partial charge < -0.3 is 15.0 Å². The van der Waals surface area contributed by atoms with E-state index in [-0.39, 0.29) is 5.91 Å². The van der Waals surface area contributed by atoms with E-state index >= 15 is 0 Å². The van der Waals surface area contributed by atoms with Gasteiger partial charge >= 0.3 is 5.97 Å². The number of nitrogens with zero attached hydrogens (tertiary/aromatic N) is 1. The van der Waals surface area contributed by atoms with Crippen molar-refractivity contribution in [3.8, 4) is 0 Å². The fourth-order valence-corrected chi connectivity index (χ4v) is 3.90. The van der Waals surface area contributed by atoms with E-state index in [0.29, 0.717) is 18.4 Å². The molecule has 1 aliphatic rings. The summed E-state index contributed by atoms with van der Waals surface area (Å²) in [7, 11) is 0. The van der Waals surface area contributed by atoms with E-state index in [4.69, 9.17) is 0 Å². The molecular weight excluding hydrogens is 304 g/mol. The maximum Gasteiger partial charge on any atom is 0.308 e. The summed E-state index contributed by atoms with van der Waals surface area (Å²) in [5.74, 6) is -1.54. The summed E-state index contributed by atoms with van der Waals surface area (Å²) < 4.78 is 2.04. The lowest BCUT2D eigenvalue weighted by Gasteiger charge is -2.39. The third-order valence-electron chi connectivity index (χ3n) is 5.28. The molecule has 0 saturated heterocycles. The van der Waals surface area contributed by atoms with Gasteiger partial charge in [-0.1, -0.05) is 31.0 Å². The molecule has 2 aromatic rings. The summed E-state index contributed by atoms with van der Waals surface area (Å²) in [6, 6.07) is 7.81. The third-order valence-corrected chi connectivity index (χ3v) is 5.28. The smallest absolute Gasteiger partial charge is 0.308 e. The highest BCUT2D eigenvalue weighted by atomic mass is 16.4. The van der Waals surface area contributed by atoms with Crippen LogP contribution in [-0.4, -0.2) is 27.1 Å². The highest BCUT2D eigenvalue weighted by molar-refractivity contribution is 6.07. The van der Waals surface area contributed by atoms with Gasteiger partial charge in [-0.05, 0) is 32.8 Å². The van der Waals surface area contributed by atoms with Crippen molar-refractivity contribution in [3.63, 3.8) is 0 Å². The molecule has 5 heteroatoms. The van der Waals surface area contributed by atoms with Crippen LogP contribution in [-0.2, 0) is 11.3 Å². The van der Waals surface area contributed by atoms with Crippen LogP contribution in [0.1, 0.15) is 49.9 Å². The number of nitrogens with one attached hydrogen (secondary N) is 1. The predicted molar refractivity (Wildman–Crippen MR) is 93.1 cm³/mol. The number of carbonyl (C=O) groups excluding carboxylic acids is 1. The van der Waals surface area contributed by atoms with Gasteiger partial charge in [0.2, 0.25) is 0 Å². The second-order valence-corrected chi connectivity index (χ2v) is 6.85. The van der Waals surface area contributed by atoms with Gasteiger partial charge in [0.25, 0.3) is 5.91 Å². The molecule has 0 bridgehead atoms. The average Bonchev–Trinajstić information content (AvgIpc) is 2.93. The van der Waals surface area contributed by atoms with E-state index in [1.54, 1.807) is 0 Å². The Morgan fingerprint density at radius 3 is 2.79 bits per heavy atom. The van der Waals surface area contributed by atoms with Crippen LogP contribution >= 0.6 is 0 Å². The van der Waals surface area contributed by atoms with Crippen LogP contribution < -0.4 is 5.32 Å². The van der Waals surface area contributed by atoms with Gasteiger partial charge in [-0.3, -0.25) is 9.59 Å². The van der Waals surface area contributed by atoms with Crippen molar-refractivity contribution in [2.45, 2.75) is 51.6 Å². The molecular formula is C19H24N2O3. The van der Waals surface area contributed by atoms with Gasteiger partial charge in [0, 0.05) is 23.6 Å². The molecule has 1 aliphatic carbocycles. The molecule has 2 N–H and O–H groups in total. The topological polar surface area (TPSA) is 71.3 Å². The molecule has 0 aliphatic heterocycles. The highest BCUT2D eigenvalue weighted by Crippen LogP contribution is 2.34. The van der Waals surface area contributed by atoms with Crippen LogP contribution in [0.2, 0.25) is 0 Å². The van der Waals surface area contributed by atoms with Gasteiger partial charge in [-0.25, -0.2) is 0 Å². The van der Waals surface area contributed by atoms with E-state index < -0.39 is 17.4 Å². The van der Waals surface area contributed by atoms with Gasteiger partial charge in [0.1, 0.15) is 0 Å². The first-order valence-electron chi connectivity index (χ1n) is 8.59. The predicted octanol–water partition coefficient (Wildman–Crippen LogP) is 3.42. The fourth-order valence-electron chi connectivity index (χ4n) is 3.90. The maximum absolute atomic E-state index is 12.9. The minimum atomic E-state index is -0.825. The van der Waals surface area contributed by atoms with E-state index in [0.717, 1.165) is 30.3 Å². The molecule has 0 radical (unpaired) electrons. The lowest BCUT2D eigenvalue weighted by atomic mass is 9.73. The second kappa shape index (κ2) is 6.30. The number of rotatable bonds is 4. The number of fused-ring (bicyclic) bond motifs is 1. The lowest BCUT2D eigenvalue weighted by molar-refractivity contribution is -0.145. The zero-order chi connectivity index (χ0) is 17.3. The Morgan fingerprint density at radius 2 is 2.08 bits per heavy atom. The number of benzene rings is 1. The van der Waals surface area contributed by atoms with Crippen molar-refractivity contribution < 1.29 is 14.7 Å². The third kappa shape index (κ3) is 2.79. The van der Waals surface area contributed by atoms with Crippen LogP contribution in [0, 0.1) is 5.92 Å². The summed E-state index contributed by atoms with van der Waals surface area (Å²) in [6.07, 6.45) is 5.02. The van der Waals surface area contributed by atoms with Crippen LogP contribution in [0.3, 0.4) is 0 Å². The molecule has 1 amide bonds. The molecule has 3 rings (SSSR count).